The second-order valence-electron chi connectivity index (χ2n) is 3.58. The summed E-state index contributed by atoms with van der Waals surface area (Å²) in [5.74, 6) is 0.228. The van der Waals surface area contributed by atoms with Gasteiger partial charge in [0.1, 0.15) is 0 Å². The Kier molecular flexibility index (Phi) is 3.39. The SMILES string of the molecule is CCc1nn(C)c(Cn2nc(N)nc2Br)c1Cl. The third kappa shape index (κ3) is 2.30. The molecular formula is C9H12BrClN6. The Morgan fingerprint density at radius 2 is 2.12 bits per heavy atom. The zero-order valence-corrected chi connectivity index (χ0v) is 11.8. The highest BCUT2D eigenvalue weighted by Crippen LogP contribution is 2.22. The standard InChI is InChI=1S/C9H12BrClN6/c1-3-5-7(11)6(16(2)14-5)4-17-8(10)13-9(12)15-17/h3-4H2,1-2H3,(H2,12,15). The van der Waals surface area contributed by atoms with Gasteiger partial charge in [0.15, 0.2) is 4.73 Å². The Bertz CT molecular complexity index is 546. The molecule has 0 fully saturated rings. The summed E-state index contributed by atoms with van der Waals surface area (Å²) < 4.78 is 3.97. The summed E-state index contributed by atoms with van der Waals surface area (Å²) in [4.78, 5) is 3.97. The van der Waals surface area contributed by atoms with Gasteiger partial charge in [0.25, 0.3) is 0 Å². The van der Waals surface area contributed by atoms with E-state index in [1.807, 2.05) is 14.0 Å². The third-order valence-electron chi connectivity index (χ3n) is 2.45. The molecule has 0 saturated carbocycles. The number of nitrogen functional groups attached to an aromatic ring is 1. The van der Waals surface area contributed by atoms with Gasteiger partial charge in [-0.2, -0.15) is 10.1 Å². The number of halogens is 2. The van der Waals surface area contributed by atoms with Gasteiger partial charge in [0.2, 0.25) is 5.95 Å². The number of aryl methyl sites for hydroxylation is 2. The van der Waals surface area contributed by atoms with Gasteiger partial charge in [0, 0.05) is 7.05 Å². The topological polar surface area (TPSA) is 74.5 Å². The lowest BCUT2D eigenvalue weighted by Crippen LogP contribution is -2.08. The van der Waals surface area contributed by atoms with E-state index in [1.165, 1.54) is 0 Å². The van der Waals surface area contributed by atoms with E-state index < -0.39 is 0 Å². The Labute approximate surface area is 112 Å². The molecule has 0 radical (unpaired) electrons. The third-order valence-corrected chi connectivity index (χ3v) is 3.47. The minimum Gasteiger partial charge on any atom is -0.366 e. The lowest BCUT2D eigenvalue weighted by molar-refractivity contribution is 0.608. The van der Waals surface area contributed by atoms with Crippen LogP contribution in [-0.4, -0.2) is 24.5 Å². The van der Waals surface area contributed by atoms with Crippen molar-refractivity contribution in [2.45, 2.75) is 19.9 Å². The van der Waals surface area contributed by atoms with E-state index in [-0.39, 0.29) is 5.95 Å². The summed E-state index contributed by atoms with van der Waals surface area (Å²) in [7, 11) is 1.86. The lowest BCUT2D eigenvalue weighted by Gasteiger charge is -2.03. The number of anilines is 1. The molecule has 0 saturated heterocycles. The summed E-state index contributed by atoms with van der Waals surface area (Å²) in [6, 6.07) is 0. The minimum atomic E-state index is 0.228. The maximum absolute atomic E-state index is 6.25. The van der Waals surface area contributed by atoms with Gasteiger partial charge in [-0.15, -0.1) is 5.10 Å². The van der Waals surface area contributed by atoms with Crippen LogP contribution in [-0.2, 0) is 20.0 Å². The smallest absolute Gasteiger partial charge is 0.240 e. The van der Waals surface area contributed by atoms with Crippen molar-refractivity contribution in [2.24, 2.45) is 7.05 Å². The van der Waals surface area contributed by atoms with Crippen LogP contribution in [0.3, 0.4) is 0 Å². The van der Waals surface area contributed by atoms with Crippen molar-refractivity contribution in [3.8, 4) is 0 Å². The van der Waals surface area contributed by atoms with Crippen LogP contribution >= 0.6 is 27.5 Å². The van der Waals surface area contributed by atoms with Crippen molar-refractivity contribution in [1.82, 2.24) is 24.5 Å². The van der Waals surface area contributed by atoms with Crippen LogP contribution in [0, 0.1) is 0 Å². The van der Waals surface area contributed by atoms with Gasteiger partial charge in [0.05, 0.1) is 23.0 Å². The van der Waals surface area contributed by atoms with Crippen LogP contribution < -0.4 is 5.73 Å². The first-order valence-electron chi connectivity index (χ1n) is 5.09. The molecule has 0 unspecified atom stereocenters. The molecule has 0 bridgehead atoms. The second kappa shape index (κ2) is 4.66. The van der Waals surface area contributed by atoms with E-state index >= 15 is 0 Å². The molecule has 0 aliphatic rings. The first kappa shape index (κ1) is 12.4. The lowest BCUT2D eigenvalue weighted by atomic mass is 10.3. The maximum atomic E-state index is 6.25. The predicted molar refractivity (Wildman–Crippen MR) is 68.8 cm³/mol. The first-order chi connectivity index (χ1) is 8.02. The Balaban J connectivity index is 2.36. The van der Waals surface area contributed by atoms with Crippen molar-refractivity contribution in [3.63, 3.8) is 0 Å². The van der Waals surface area contributed by atoms with Crippen molar-refractivity contribution in [3.05, 3.63) is 21.1 Å². The van der Waals surface area contributed by atoms with Crippen LogP contribution in [0.1, 0.15) is 18.3 Å². The molecule has 0 amide bonds. The van der Waals surface area contributed by atoms with Crippen LogP contribution in [0.2, 0.25) is 5.02 Å². The molecule has 2 aromatic rings. The van der Waals surface area contributed by atoms with E-state index in [0.29, 0.717) is 16.3 Å². The fraction of sp³-hybridized carbons (Fsp3) is 0.444. The van der Waals surface area contributed by atoms with Crippen LogP contribution in [0.15, 0.2) is 4.73 Å². The number of nitrogens with two attached hydrogens (primary N) is 1. The van der Waals surface area contributed by atoms with E-state index in [2.05, 4.69) is 31.1 Å². The number of hydrogen-bond donors (Lipinski definition) is 1. The molecule has 6 nitrogen and oxygen atoms in total. The zero-order valence-electron chi connectivity index (χ0n) is 9.48. The minimum absolute atomic E-state index is 0.228. The molecule has 2 heterocycles. The van der Waals surface area contributed by atoms with E-state index in [9.17, 15) is 0 Å². The summed E-state index contributed by atoms with van der Waals surface area (Å²) in [5, 5.41) is 9.07. The van der Waals surface area contributed by atoms with Gasteiger partial charge < -0.3 is 5.73 Å². The Morgan fingerprint density at radius 1 is 1.41 bits per heavy atom. The van der Waals surface area contributed by atoms with E-state index in [1.54, 1.807) is 9.36 Å². The van der Waals surface area contributed by atoms with Gasteiger partial charge in [-0.1, -0.05) is 18.5 Å². The maximum Gasteiger partial charge on any atom is 0.240 e. The molecule has 2 rings (SSSR count). The fourth-order valence-electron chi connectivity index (χ4n) is 1.57. The normalized spacial score (nSPS) is 11.1. The number of nitrogens with zero attached hydrogens (tertiary/aromatic N) is 5. The summed E-state index contributed by atoms with van der Waals surface area (Å²) in [6.07, 6.45) is 0.799. The van der Waals surface area contributed by atoms with Gasteiger partial charge in [-0.05, 0) is 22.4 Å². The van der Waals surface area contributed by atoms with E-state index in [4.69, 9.17) is 17.3 Å². The summed E-state index contributed by atoms with van der Waals surface area (Å²) in [6.45, 7) is 2.49. The number of hydrogen-bond acceptors (Lipinski definition) is 4. The monoisotopic (exact) mass is 318 g/mol. The molecule has 17 heavy (non-hydrogen) atoms. The summed E-state index contributed by atoms with van der Waals surface area (Å²) >= 11 is 9.53. The molecule has 8 heteroatoms. The Morgan fingerprint density at radius 3 is 2.59 bits per heavy atom. The van der Waals surface area contributed by atoms with Crippen molar-refractivity contribution in [2.75, 3.05) is 5.73 Å². The molecule has 0 aliphatic carbocycles. The quantitative estimate of drug-likeness (QED) is 0.933. The zero-order chi connectivity index (χ0) is 12.6. The van der Waals surface area contributed by atoms with Crippen molar-refractivity contribution >= 4 is 33.5 Å². The highest BCUT2D eigenvalue weighted by molar-refractivity contribution is 9.10. The second-order valence-corrected chi connectivity index (χ2v) is 4.67. The first-order valence-corrected chi connectivity index (χ1v) is 6.26. The molecule has 92 valence electrons. The average molecular weight is 320 g/mol. The molecule has 0 aliphatic heterocycles. The van der Waals surface area contributed by atoms with Crippen LogP contribution in [0.5, 0.6) is 0 Å². The summed E-state index contributed by atoms with van der Waals surface area (Å²) in [5.41, 5.74) is 7.28. The molecule has 0 atom stereocenters. The van der Waals surface area contributed by atoms with Crippen molar-refractivity contribution in [1.29, 1.82) is 0 Å². The number of aromatic nitrogens is 5. The van der Waals surface area contributed by atoms with Gasteiger partial charge in [-0.3, -0.25) is 4.68 Å². The molecule has 0 spiro atoms. The number of rotatable bonds is 3. The van der Waals surface area contributed by atoms with Crippen LogP contribution in [0.4, 0.5) is 5.95 Å². The largest absolute Gasteiger partial charge is 0.366 e. The van der Waals surface area contributed by atoms with Gasteiger partial charge >= 0.3 is 0 Å². The van der Waals surface area contributed by atoms with Crippen molar-refractivity contribution < 1.29 is 0 Å². The highest BCUT2D eigenvalue weighted by atomic mass is 79.9. The molecule has 2 aromatic heterocycles. The fourth-order valence-corrected chi connectivity index (χ4v) is 2.31. The average Bonchev–Trinajstić information content (AvgIpc) is 2.72. The highest BCUT2D eigenvalue weighted by Gasteiger charge is 2.15. The molecule has 2 N–H and O–H groups in total. The molecular weight excluding hydrogens is 307 g/mol. The predicted octanol–water partition coefficient (Wildman–Crippen LogP) is 1.62. The Hall–Kier alpha value is -1.08. The van der Waals surface area contributed by atoms with Gasteiger partial charge in [-0.25, -0.2) is 4.68 Å². The molecule has 0 aromatic carbocycles. The van der Waals surface area contributed by atoms with E-state index in [0.717, 1.165) is 17.8 Å². The van der Waals surface area contributed by atoms with Crippen LogP contribution in [0.25, 0.3) is 0 Å².